The molecule has 0 bridgehead atoms. The molecule has 2 unspecified atom stereocenters. The summed E-state index contributed by atoms with van der Waals surface area (Å²) in [5.74, 6) is -0.544. The first kappa shape index (κ1) is 19.9. The third-order valence-corrected chi connectivity index (χ3v) is 5.54. The van der Waals surface area contributed by atoms with Crippen LogP contribution < -0.4 is 0 Å². The van der Waals surface area contributed by atoms with Gasteiger partial charge in [0.05, 0.1) is 18.7 Å². The van der Waals surface area contributed by atoms with E-state index in [9.17, 15) is 9.59 Å². The summed E-state index contributed by atoms with van der Waals surface area (Å²) < 4.78 is 10.7. The number of hydrogen-bond donors (Lipinski definition) is 0. The largest absolute Gasteiger partial charge is 0.466 e. The quantitative estimate of drug-likeness (QED) is 0.600. The fraction of sp³-hybridized carbons (Fsp3) is 0.292. The predicted molar refractivity (Wildman–Crippen MR) is 112 cm³/mol. The number of likely N-dealkylation sites (tertiary alicyclic amines) is 1. The van der Waals surface area contributed by atoms with Crippen LogP contribution in [0.4, 0.5) is 0 Å². The van der Waals surface area contributed by atoms with Gasteiger partial charge in [-0.05, 0) is 19.4 Å². The number of amides is 1. The maximum absolute atomic E-state index is 13.3. The van der Waals surface area contributed by atoms with Gasteiger partial charge in [-0.1, -0.05) is 65.3 Å². The highest BCUT2D eigenvalue weighted by Gasteiger charge is 2.42. The number of aromatic nitrogens is 1. The molecule has 1 aliphatic rings. The zero-order valence-electron chi connectivity index (χ0n) is 17.1. The molecule has 6 nitrogen and oxygen atoms in total. The standard InChI is InChI=1S/C24H24N2O4/c1-3-29-24(28)21-15-26(14-20(21)17-7-5-4-6-8-17)23(27)19-13-25-30-22(19)18-11-9-16(2)10-12-18/h4-13,20-21H,3,14-15H2,1-2H3. The lowest BCUT2D eigenvalue weighted by Crippen LogP contribution is -2.30. The number of hydrogen-bond acceptors (Lipinski definition) is 5. The van der Waals surface area contributed by atoms with E-state index in [0.29, 0.717) is 31.0 Å². The first-order valence-corrected chi connectivity index (χ1v) is 10.1. The molecule has 0 aliphatic carbocycles. The molecule has 4 rings (SSSR count). The Hall–Kier alpha value is -3.41. The summed E-state index contributed by atoms with van der Waals surface area (Å²) in [6.07, 6.45) is 1.45. The van der Waals surface area contributed by atoms with Crippen LogP contribution in [0.5, 0.6) is 0 Å². The van der Waals surface area contributed by atoms with E-state index in [1.54, 1.807) is 11.8 Å². The van der Waals surface area contributed by atoms with E-state index >= 15 is 0 Å². The molecule has 0 N–H and O–H groups in total. The van der Waals surface area contributed by atoms with E-state index in [1.165, 1.54) is 6.20 Å². The van der Waals surface area contributed by atoms with Gasteiger partial charge in [-0.25, -0.2) is 0 Å². The summed E-state index contributed by atoms with van der Waals surface area (Å²) >= 11 is 0. The highest BCUT2D eigenvalue weighted by Crippen LogP contribution is 2.35. The predicted octanol–water partition coefficient (Wildman–Crippen LogP) is 4.07. The van der Waals surface area contributed by atoms with Gasteiger partial charge in [0.15, 0.2) is 5.76 Å². The van der Waals surface area contributed by atoms with Crippen molar-refractivity contribution in [1.82, 2.24) is 10.1 Å². The van der Waals surface area contributed by atoms with Gasteiger partial charge in [0, 0.05) is 24.6 Å². The highest BCUT2D eigenvalue weighted by atomic mass is 16.5. The topological polar surface area (TPSA) is 72.6 Å². The van der Waals surface area contributed by atoms with Crippen molar-refractivity contribution < 1.29 is 18.8 Å². The summed E-state index contributed by atoms with van der Waals surface area (Å²) in [4.78, 5) is 27.7. The summed E-state index contributed by atoms with van der Waals surface area (Å²) in [6, 6.07) is 17.5. The average molecular weight is 404 g/mol. The molecule has 0 radical (unpaired) electrons. The van der Waals surface area contributed by atoms with Gasteiger partial charge in [0.1, 0.15) is 5.56 Å². The third-order valence-electron chi connectivity index (χ3n) is 5.54. The van der Waals surface area contributed by atoms with Crippen LogP contribution >= 0.6 is 0 Å². The molecule has 0 saturated carbocycles. The van der Waals surface area contributed by atoms with E-state index in [-0.39, 0.29) is 17.8 Å². The molecular formula is C24H24N2O4. The van der Waals surface area contributed by atoms with Crippen molar-refractivity contribution in [3.8, 4) is 11.3 Å². The number of nitrogens with zero attached hydrogens (tertiary/aromatic N) is 2. The monoisotopic (exact) mass is 404 g/mol. The summed E-state index contributed by atoms with van der Waals surface area (Å²) in [5, 5.41) is 3.86. The molecule has 1 fully saturated rings. The molecular weight excluding hydrogens is 380 g/mol. The van der Waals surface area contributed by atoms with Crippen molar-refractivity contribution in [1.29, 1.82) is 0 Å². The van der Waals surface area contributed by atoms with Crippen LogP contribution in [-0.2, 0) is 9.53 Å². The van der Waals surface area contributed by atoms with E-state index in [0.717, 1.165) is 16.7 Å². The number of ether oxygens (including phenoxy) is 1. The van der Waals surface area contributed by atoms with E-state index in [4.69, 9.17) is 9.26 Å². The van der Waals surface area contributed by atoms with Crippen molar-refractivity contribution in [2.45, 2.75) is 19.8 Å². The molecule has 2 heterocycles. The second-order valence-corrected chi connectivity index (χ2v) is 7.52. The van der Waals surface area contributed by atoms with E-state index in [2.05, 4.69) is 5.16 Å². The molecule has 1 amide bonds. The van der Waals surface area contributed by atoms with Crippen LogP contribution in [0, 0.1) is 12.8 Å². The second kappa shape index (κ2) is 8.53. The van der Waals surface area contributed by atoms with E-state index < -0.39 is 5.92 Å². The Kier molecular flexibility index (Phi) is 5.65. The minimum absolute atomic E-state index is 0.114. The SMILES string of the molecule is CCOC(=O)C1CN(C(=O)c2cnoc2-c2ccc(C)cc2)CC1c1ccccc1. The smallest absolute Gasteiger partial charge is 0.311 e. The van der Waals surface area contributed by atoms with Crippen molar-refractivity contribution in [2.24, 2.45) is 5.92 Å². The van der Waals surface area contributed by atoms with Gasteiger partial charge in [0.25, 0.3) is 5.91 Å². The van der Waals surface area contributed by atoms with Crippen molar-refractivity contribution in [2.75, 3.05) is 19.7 Å². The van der Waals surface area contributed by atoms with Crippen LogP contribution in [-0.4, -0.2) is 41.6 Å². The fourth-order valence-electron chi connectivity index (χ4n) is 3.97. The average Bonchev–Trinajstić information content (AvgIpc) is 3.42. The zero-order chi connectivity index (χ0) is 21.1. The van der Waals surface area contributed by atoms with Crippen LogP contribution in [0.1, 0.15) is 34.3 Å². The number of carbonyl (C=O) groups excluding carboxylic acids is 2. The van der Waals surface area contributed by atoms with Crippen molar-refractivity contribution in [3.05, 3.63) is 77.5 Å². The van der Waals surface area contributed by atoms with Gasteiger partial charge in [-0.3, -0.25) is 9.59 Å². The number of benzene rings is 2. The number of aryl methyl sites for hydroxylation is 1. The van der Waals surface area contributed by atoms with Gasteiger partial charge >= 0.3 is 5.97 Å². The summed E-state index contributed by atoms with van der Waals surface area (Å²) in [5.41, 5.74) is 3.33. The third kappa shape index (κ3) is 3.85. The maximum Gasteiger partial charge on any atom is 0.311 e. The summed E-state index contributed by atoms with van der Waals surface area (Å²) in [7, 11) is 0. The lowest BCUT2D eigenvalue weighted by molar-refractivity contribution is -0.147. The van der Waals surface area contributed by atoms with Crippen LogP contribution in [0.15, 0.2) is 65.3 Å². The zero-order valence-corrected chi connectivity index (χ0v) is 17.1. The molecule has 1 saturated heterocycles. The molecule has 154 valence electrons. The molecule has 3 aromatic rings. The molecule has 6 heteroatoms. The van der Waals surface area contributed by atoms with Crippen LogP contribution in [0.2, 0.25) is 0 Å². The Morgan fingerprint density at radius 3 is 2.53 bits per heavy atom. The van der Waals surface area contributed by atoms with Crippen molar-refractivity contribution >= 4 is 11.9 Å². The molecule has 1 aromatic heterocycles. The number of carbonyl (C=O) groups is 2. The van der Waals surface area contributed by atoms with Crippen molar-refractivity contribution in [3.63, 3.8) is 0 Å². The Bertz CT molecular complexity index is 1030. The van der Waals surface area contributed by atoms with Crippen LogP contribution in [0.25, 0.3) is 11.3 Å². The molecule has 1 aliphatic heterocycles. The Morgan fingerprint density at radius 2 is 1.83 bits per heavy atom. The molecule has 30 heavy (non-hydrogen) atoms. The minimum atomic E-state index is -0.404. The molecule has 2 atom stereocenters. The summed E-state index contributed by atoms with van der Waals surface area (Å²) in [6.45, 7) is 4.84. The van der Waals surface area contributed by atoms with Gasteiger partial charge in [-0.2, -0.15) is 0 Å². The second-order valence-electron chi connectivity index (χ2n) is 7.52. The fourth-order valence-corrected chi connectivity index (χ4v) is 3.97. The number of esters is 1. The van der Waals surface area contributed by atoms with Crippen LogP contribution in [0.3, 0.4) is 0 Å². The maximum atomic E-state index is 13.3. The van der Waals surface area contributed by atoms with Gasteiger partial charge in [-0.15, -0.1) is 0 Å². The number of rotatable bonds is 5. The molecule has 0 spiro atoms. The first-order chi connectivity index (χ1) is 14.6. The Morgan fingerprint density at radius 1 is 1.10 bits per heavy atom. The minimum Gasteiger partial charge on any atom is -0.466 e. The molecule has 2 aromatic carbocycles. The Balaban J connectivity index is 1.62. The van der Waals surface area contributed by atoms with E-state index in [1.807, 2.05) is 61.5 Å². The highest BCUT2D eigenvalue weighted by molar-refractivity contribution is 5.99. The lowest BCUT2D eigenvalue weighted by atomic mass is 9.89. The first-order valence-electron chi connectivity index (χ1n) is 10.1. The van der Waals surface area contributed by atoms with Gasteiger partial charge < -0.3 is 14.2 Å². The Labute approximate surface area is 175 Å². The lowest BCUT2D eigenvalue weighted by Gasteiger charge is -2.16. The van der Waals surface area contributed by atoms with Gasteiger partial charge in [0.2, 0.25) is 0 Å². The normalized spacial score (nSPS) is 18.4.